The van der Waals surface area contributed by atoms with Gasteiger partial charge in [-0.05, 0) is 24.1 Å². The van der Waals surface area contributed by atoms with E-state index in [-0.39, 0.29) is 12.5 Å². The van der Waals surface area contributed by atoms with Gasteiger partial charge in [0.1, 0.15) is 12.6 Å². The molecule has 1 fully saturated rings. The van der Waals surface area contributed by atoms with Gasteiger partial charge >= 0.3 is 6.09 Å². The molecule has 2 amide bonds. The van der Waals surface area contributed by atoms with Gasteiger partial charge in [0.25, 0.3) is 0 Å². The van der Waals surface area contributed by atoms with Crippen molar-refractivity contribution in [1.82, 2.24) is 10.2 Å². The maximum Gasteiger partial charge on any atom is 0.410 e. The van der Waals surface area contributed by atoms with Crippen molar-refractivity contribution in [2.75, 3.05) is 20.2 Å². The number of nitrogens with one attached hydrogen (secondary N) is 1. The molecule has 1 aromatic rings. The van der Waals surface area contributed by atoms with E-state index < -0.39 is 12.1 Å². The van der Waals surface area contributed by atoms with Crippen LogP contribution in [0.1, 0.15) is 5.56 Å². The van der Waals surface area contributed by atoms with Crippen molar-refractivity contribution in [3.05, 3.63) is 34.9 Å². The fraction of sp³-hybridized carbons (Fsp3) is 0.385. The SMILES string of the molecule is CN1C(=O)OCC1C(=O)NCCc1ccc(Cl)cc1. The molecule has 1 N–H and O–H groups in total. The summed E-state index contributed by atoms with van der Waals surface area (Å²) < 4.78 is 4.79. The molecule has 1 aliphatic rings. The normalized spacial score (nSPS) is 18.3. The van der Waals surface area contributed by atoms with Crippen LogP contribution in [0, 0.1) is 0 Å². The van der Waals surface area contributed by atoms with Crippen LogP contribution < -0.4 is 5.32 Å². The highest BCUT2D eigenvalue weighted by Gasteiger charge is 2.34. The van der Waals surface area contributed by atoms with Gasteiger partial charge in [-0.3, -0.25) is 9.69 Å². The van der Waals surface area contributed by atoms with Crippen molar-refractivity contribution >= 4 is 23.6 Å². The number of hydrogen-bond acceptors (Lipinski definition) is 3. The number of ether oxygens (including phenoxy) is 1. The predicted octanol–water partition coefficient (Wildman–Crippen LogP) is 1.45. The van der Waals surface area contributed by atoms with Gasteiger partial charge in [0, 0.05) is 18.6 Å². The van der Waals surface area contributed by atoms with Gasteiger partial charge in [0.15, 0.2) is 0 Å². The van der Waals surface area contributed by atoms with Crippen LogP contribution in [0.15, 0.2) is 24.3 Å². The maximum atomic E-state index is 11.8. The quantitative estimate of drug-likeness (QED) is 0.909. The number of amides is 2. The average Bonchev–Trinajstić information content (AvgIpc) is 2.72. The summed E-state index contributed by atoms with van der Waals surface area (Å²) in [6, 6.07) is 6.94. The Morgan fingerprint density at radius 1 is 1.47 bits per heavy atom. The summed E-state index contributed by atoms with van der Waals surface area (Å²) in [7, 11) is 1.55. The molecule has 1 aliphatic heterocycles. The Morgan fingerprint density at radius 3 is 2.74 bits per heavy atom. The minimum absolute atomic E-state index is 0.113. The van der Waals surface area contributed by atoms with E-state index in [1.165, 1.54) is 4.90 Å². The molecule has 1 atom stereocenters. The van der Waals surface area contributed by atoms with Crippen molar-refractivity contribution in [3.63, 3.8) is 0 Å². The van der Waals surface area contributed by atoms with Gasteiger partial charge in [0.05, 0.1) is 0 Å². The van der Waals surface area contributed by atoms with Crippen LogP contribution in [0.2, 0.25) is 5.02 Å². The minimum Gasteiger partial charge on any atom is -0.447 e. The molecule has 0 aromatic heterocycles. The highest BCUT2D eigenvalue weighted by molar-refractivity contribution is 6.30. The summed E-state index contributed by atoms with van der Waals surface area (Å²) in [5.41, 5.74) is 1.09. The zero-order valence-electron chi connectivity index (χ0n) is 10.6. The van der Waals surface area contributed by atoms with E-state index in [0.29, 0.717) is 18.0 Å². The molecule has 19 heavy (non-hydrogen) atoms. The van der Waals surface area contributed by atoms with Crippen LogP contribution in [-0.4, -0.2) is 43.1 Å². The number of rotatable bonds is 4. The first-order valence-corrected chi connectivity index (χ1v) is 6.37. The fourth-order valence-corrected chi connectivity index (χ4v) is 1.97. The van der Waals surface area contributed by atoms with Crippen molar-refractivity contribution in [2.24, 2.45) is 0 Å². The lowest BCUT2D eigenvalue weighted by Crippen LogP contribution is -2.44. The van der Waals surface area contributed by atoms with E-state index in [9.17, 15) is 9.59 Å². The molecule has 0 spiro atoms. The van der Waals surface area contributed by atoms with E-state index in [0.717, 1.165) is 5.56 Å². The summed E-state index contributed by atoms with van der Waals surface area (Å²) in [6.45, 7) is 0.626. The molecule has 1 heterocycles. The Balaban J connectivity index is 1.78. The molecule has 2 rings (SSSR count). The molecule has 0 bridgehead atoms. The standard InChI is InChI=1S/C13H15ClN2O3/c1-16-11(8-19-13(16)18)12(17)15-7-6-9-2-4-10(14)5-3-9/h2-5,11H,6-8H2,1H3,(H,15,17). The summed E-state index contributed by atoms with van der Waals surface area (Å²) in [6.07, 6.45) is 0.256. The van der Waals surface area contributed by atoms with E-state index >= 15 is 0 Å². The van der Waals surface area contributed by atoms with Crippen molar-refractivity contribution in [2.45, 2.75) is 12.5 Å². The first-order chi connectivity index (χ1) is 9.08. The highest BCUT2D eigenvalue weighted by atomic mass is 35.5. The smallest absolute Gasteiger partial charge is 0.410 e. The Kier molecular flexibility index (Phi) is 4.27. The Morgan fingerprint density at radius 2 is 2.16 bits per heavy atom. The molecule has 1 unspecified atom stereocenters. The molecule has 0 aliphatic carbocycles. The average molecular weight is 283 g/mol. The summed E-state index contributed by atoms with van der Waals surface area (Å²) in [5, 5.41) is 3.48. The number of halogens is 1. The molecule has 1 saturated heterocycles. The number of nitrogens with zero attached hydrogens (tertiary/aromatic N) is 1. The van der Waals surface area contributed by atoms with Crippen LogP contribution in [-0.2, 0) is 16.0 Å². The number of cyclic esters (lactones) is 1. The largest absolute Gasteiger partial charge is 0.447 e. The highest BCUT2D eigenvalue weighted by Crippen LogP contribution is 2.11. The fourth-order valence-electron chi connectivity index (χ4n) is 1.84. The second kappa shape index (κ2) is 5.93. The summed E-state index contributed by atoms with van der Waals surface area (Å²) in [5.74, 6) is -0.192. The lowest BCUT2D eigenvalue weighted by molar-refractivity contribution is -0.124. The number of carbonyl (C=O) groups excluding carboxylic acids is 2. The molecular weight excluding hydrogens is 268 g/mol. The lowest BCUT2D eigenvalue weighted by atomic mass is 10.1. The molecule has 0 radical (unpaired) electrons. The molecular formula is C13H15ClN2O3. The topological polar surface area (TPSA) is 58.6 Å². The third-order valence-corrected chi connectivity index (χ3v) is 3.30. The Hall–Kier alpha value is -1.75. The zero-order valence-corrected chi connectivity index (χ0v) is 11.3. The third-order valence-electron chi connectivity index (χ3n) is 3.05. The van der Waals surface area contributed by atoms with E-state index in [4.69, 9.17) is 16.3 Å². The second-order valence-electron chi connectivity index (χ2n) is 4.37. The van der Waals surface area contributed by atoms with Crippen LogP contribution >= 0.6 is 11.6 Å². The van der Waals surface area contributed by atoms with Gasteiger partial charge in [-0.25, -0.2) is 4.79 Å². The van der Waals surface area contributed by atoms with Gasteiger partial charge in [-0.1, -0.05) is 23.7 Å². The summed E-state index contributed by atoms with van der Waals surface area (Å²) in [4.78, 5) is 24.3. The van der Waals surface area contributed by atoms with E-state index in [1.807, 2.05) is 24.3 Å². The molecule has 1 aromatic carbocycles. The van der Waals surface area contributed by atoms with Gasteiger partial charge < -0.3 is 10.1 Å². The summed E-state index contributed by atoms with van der Waals surface area (Å²) >= 11 is 5.79. The maximum absolute atomic E-state index is 11.8. The number of likely N-dealkylation sites (N-methyl/N-ethyl adjacent to an activating group) is 1. The van der Waals surface area contributed by atoms with E-state index in [1.54, 1.807) is 7.05 Å². The number of benzene rings is 1. The molecule has 102 valence electrons. The number of hydrogen-bond donors (Lipinski definition) is 1. The minimum atomic E-state index is -0.530. The number of carbonyl (C=O) groups is 2. The lowest BCUT2D eigenvalue weighted by Gasteiger charge is -2.15. The molecule has 5 nitrogen and oxygen atoms in total. The van der Waals surface area contributed by atoms with Crippen molar-refractivity contribution in [3.8, 4) is 0 Å². The predicted molar refractivity (Wildman–Crippen MR) is 71.1 cm³/mol. The van der Waals surface area contributed by atoms with Crippen LogP contribution in [0.5, 0.6) is 0 Å². The molecule has 6 heteroatoms. The monoisotopic (exact) mass is 282 g/mol. The van der Waals surface area contributed by atoms with Crippen molar-refractivity contribution < 1.29 is 14.3 Å². The first-order valence-electron chi connectivity index (χ1n) is 5.99. The van der Waals surface area contributed by atoms with Crippen molar-refractivity contribution in [1.29, 1.82) is 0 Å². The van der Waals surface area contributed by atoms with Gasteiger partial charge in [0.2, 0.25) is 5.91 Å². The van der Waals surface area contributed by atoms with Crippen LogP contribution in [0.25, 0.3) is 0 Å². The Bertz CT molecular complexity index is 475. The van der Waals surface area contributed by atoms with E-state index in [2.05, 4.69) is 5.32 Å². The zero-order chi connectivity index (χ0) is 13.8. The van der Waals surface area contributed by atoms with Gasteiger partial charge in [-0.15, -0.1) is 0 Å². The Labute approximate surface area is 116 Å². The van der Waals surface area contributed by atoms with Crippen LogP contribution in [0.4, 0.5) is 4.79 Å². The third kappa shape index (κ3) is 3.38. The first kappa shape index (κ1) is 13.7. The van der Waals surface area contributed by atoms with Crippen LogP contribution in [0.3, 0.4) is 0 Å². The molecule has 0 saturated carbocycles. The second-order valence-corrected chi connectivity index (χ2v) is 4.81. The van der Waals surface area contributed by atoms with Gasteiger partial charge in [-0.2, -0.15) is 0 Å².